The molecule has 0 aliphatic carbocycles. The zero-order chi connectivity index (χ0) is 12.5. The maximum Gasteiger partial charge on any atom is 0.252 e. The second kappa shape index (κ2) is 8.40. The number of rotatable bonds is 8. The van der Waals surface area contributed by atoms with Crippen LogP contribution in [0.15, 0.2) is 4.34 Å². The van der Waals surface area contributed by atoms with Gasteiger partial charge in [-0.15, -0.1) is 10.2 Å². The normalized spacial score (nSPS) is 10.5. The molecule has 1 rings (SSSR count). The van der Waals surface area contributed by atoms with E-state index >= 15 is 0 Å². The third kappa shape index (κ3) is 5.97. The second-order valence-electron chi connectivity index (χ2n) is 2.90. The van der Waals surface area contributed by atoms with Gasteiger partial charge < -0.3 is 9.47 Å². The van der Waals surface area contributed by atoms with Crippen molar-refractivity contribution in [1.29, 1.82) is 0 Å². The Morgan fingerprint density at radius 3 is 3.06 bits per heavy atom. The molecule has 0 saturated carbocycles. The minimum atomic E-state index is -0.212. The van der Waals surface area contributed by atoms with Gasteiger partial charge in [0.25, 0.3) is 5.91 Å². The highest BCUT2D eigenvalue weighted by Crippen LogP contribution is 2.24. The lowest BCUT2D eigenvalue weighted by Crippen LogP contribution is -2.17. The highest BCUT2D eigenvalue weighted by atomic mass is 32.2. The summed E-state index contributed by atoms with van der Waals surface area (Å²) in [7, 11) is 1.65. The van der Waals surface area contributed by atoms with Crippen LogP contribution in [-0.4, -0.2) is 48.8 Å². The summed E-state index contributed by atoms with van der Waals surface area (Å²) < 4.78 is 10.7. The van der Waals surface area contributed by atoms with E-state index in [4.69, 9.17) is 9.47 Å². The fourth-order valence-corrected chi connectivity index (χ4v) is 2.62. The van der Waals surface area contributed by atoms with Gasteiger partial charge in [-0.1, -0.05) is 23.1 Å². The first kappa shape index (κ1) is 14.4. The number of amides is 1. The summed E-state index contributed by atoms with van der Waals surface area (Å²) in [6, 6.07) is 0. The molecule has 0 aliphatic heterocycles. The molecule has 0 aliphatic rings. The lowest BCUT2D eigenvalue weighted by molar-refractivity contribution is -0.120. The van der Waals surface area contributed by atoms with Crippen LogP contribution in [0.3, 0.4) is 0 Å². The van der Waals surface area contributed by atoms with Crippen molar-refractivity contribution < 1.29 is 14.3 Å². The Labute approximate surface area is 108 Å². The van der Waals surface area contributed by atoms with Gasteiger partial charge in [-0.05, 0) is 6.92 Å². The number of hydrogen-bond donors (Lipinski definition) is 1. The maximum absolute atomic E-state index is 11.3. The molecule has 0 unspecified atom stereocenters. The minimum Gasteiger partial charge on any atom is -0.384 e. The zero-order valence-electron chi connectivity index (χ0n) is 9.76. The number of thioether (sulfide) groups is 1. The Morgan fingerprint density at radius 2 is 2.35 bits per heavy atom. The van der Waals surface area contributed by atoms with Crippen LogP contribution in [-0.2, 0) is 14.3 Å². The number of ether oxygens (including phenoxy) is 2. The van der Waals surface area contributed by atoms with Gasteiger partial charge in [0.1, 0.15) is 6.61 Å². The molecular weight excluding hydrogens is 262 g/mol. The standard InChI is InChI=1S/C9H15N3O3S2/c1-3-15-6-7(13)10-8-11-12-9(17-8)16-5-4-14-2/h3-6H2,1-2H3,(H,10,11,13). The van der Waals surface area contributed by atoms with Crippen molar-refractivity contribution in [3.63, 3.8) is 0 Å². The van der Waals surface area contributed by atoms with Gasteiger partial charge in [0.2, 0.25) is 5.13 Å². The Hall–Kier alpha value is -0.700. The van der Waals surface area contributed by atoms with E-state index in [-0.39, 0.29) is 12.5 Å². The molecular formula is C9H15N3O3S2. The molecule has 96 valence electrons. The van der Waals surface area contributed by atoms with Crippen molar-refractivity contribution in [3.8, 4) is 0 Å². The van der Waals surface area contributed by atoms with Crippen LogP contribution in [0, 0.1) is 0 Å². The number of methoxy groups -OCH3 is 1. The van der Waals surface area contributed by atoms with Crippen LogP contribution >= 0.6 is 23.1 Å². The van der Waals surface area contributed by atoms with Gasteiger partial charge >= 0.3 is 0 Å². The molecule has 8 heteroatoms. The predicted molar refractivity (Wildman–Crippen MR) is 67.6 cm³/mol. The van der Waals surface area contributed by atoms with Crippen LogP contribution in [0.1, 0.15) is 6.92 Å². The molecule has 0 saturated heterocycles. The van der Waals surface area contributed by atoms with Crippen molar-refractivity contribution in [2.24, 2.45) is 0 Å². The van der Waals surface area contributed by atoms with Crippen LogP contribution in [0.2, 0.25) is 0 Å². The smallest absolute Gasteiger partial charge is 0.252 e. The Bertz CT molecular complexity index is 346. The molecule has 1 amide bonds. The van der Waals surface area contributed by atoms with E-state index in [0.29, 0.717) is 18.3 Å². The molecule has 6 nitrogen and oxygen atoms in total. The van der Waals surface area contributed by atoms with E-state index in [1.807, 2.05) is 6.92 Å². The molecule has 1 aromatic heterocycles. The van der Waals surface area contributed by atoms with Crippen molar-refractivity contribution in [1.82, 2.24) is 10.2 Å². The van der Waals surface area contributed by atoms with E-state index in [0.717, 1.165) is 10.1 Å². The Balaban J connectivity index is 2.32. The number of hydrogen-bond acceptors (Lipinski definition) is 7. The maximum atomic E-state index is 11.3. The van der Waals surface area contributed by atoms with E-state index in [9.17, 15) is 4.79 Å². The number of nitrogens with one attached hydrogen (secondary N) is 1. The van der Waals surface area contributed by atoms with Gasteiger partial charge in [-0.25, -0.2) is 0 Å². The van der Waals surface area contributed by atoms with Crippen molar-refractivity contribution >= 4 is 34.1 Å². The fraction of sp³-hybridized carbons (Fsp3) is 0.667. The molecule has 0 aromatic carbocycles. The first-order valence-electron chi connectivity index (χ1n) is 5.09. The topological polar surface area (TPSA) is 73.3 Å². The largest absolute Gasteiger partial charge is 0.384 e. The summed E-state index contributed by atoms with van der Waals surface area (Å²) in [6.07, 6.45) is 0. The number of aromatic nitrogens is 2. The summed E-state index contributed by atoms with van der Waals surface area (Å²) in [6.45, 7) is 3.06. The summed E-state index contributed by atoms with van der Waals surface area (Å²) in [5, 5.41) is 10.9. The number of carbonyl (C=O) groups is 1. The molecule has 17 heavy (non-hydrogen) atoms. The van der Waals surface area contributed by atoms with Crippen LogP contribution in [0.5, 0.6) is 0 Å². The molecule has 0 fully saturated rings. The molecule has 0 atom stereocenters. The Morgan fingerprint density at radius 1 is 1.53 bits per heavy atom. The highest BCUT2D eigenvalue weighted by Gasteiger charge is 2.08. The first-order chi connectivity index (χ1) is 8.26. The lowest BCUT2D eigenvalue weighted by Gasteiger charge is -1.99. The van der Waals surface area contributed by atoms with Crippen molar-refractivity contribution in [2.45, 2.75) is 11.3 Å². The average molecular weight is 277 g/mol. The van der Waals surface area contributed by atoms with E-state index in [2.05, 4.69) is 15.5 Å². The fourth-order valence-electron chi connectivity index (χ4n) is 0.881. The van der Waals surface area contributed by atoms with Gasteiger partial charge in [0, 0.05) is 19.5 Å². The minimum absolute atomic E-state index is 0.0439. The number of nitrogens with zero attached hydrogens (tertiary/aromatic N) is 2. The predicted octanol–water partition coefficient (Wildman–Crippen LogP) is 1.25. The molecule has 1 aromatic rings. The van der Waals surface area contributed by atoms with Gasteiger partial charge in [0.15, 0.2) is 4.34 Å². The van der Waals surface area contributed by atoms with E-state index < -0.39 is 0 Å². The van der Waals surface area contributed by atoms with Crippen LogP contribution < -0.4 is 5.32 Å². The third-order valence-corrected chi connectivity index (χ3v) is 3.54. The zero-order valence-corrected chi connectivity index (χ0v) is 11.4. The SMILES string of the molecule is CCOCC(=O)Nc1nnc(SCCOC)s1. The summed E-state index contributed by atoms with van der Waals surface area (Å²) >= 11 is 2.89. The summed E-state index contributed by atoms with van der Waals surface area (Å²) in [4.78, 5) is 11.3. The van der Waals surface area contributed by atoms with Gasteiger partial charge in [-0.3, -0.25) is 10.1 Å². The monoisotopic (exact) mass is 277 g/mol. The van der Waals surface area contributed by atoms with Gasteiger partial charge in [-0.2, -0.15) is 0 Å². The third-order valence-electron chi connectivity index (χ3n) is 1.60. The quantitative estimate of drug-likeness (QED) is 0.438. The number of carbonyl (C=O) groups excluding carboxylic acids is 1. The second-order valence-corrected chi connectivity index (χ2v) is 5.22. The van der Waals surface area contributed by atoms with Crippen LogP contribution in [0.25, 0.3) is 0 Å². The molecule has 0 spiro atoms. The summed E-state index contributed by atoms with van der Waals surface area (Å²) in [5.41, 5.74) is 0. The molecule has 0 radical (unpaired) electrons. The lowest BCUT2D eigenvalue weighted by atomic mass is 10.6. The van der Waals surface area contributed by atoms with Gasteiger partial charge in [0.05, 0.1) is 6.61 Å². The van der Waals surface area contributed by atoms with Crippen LogP contribution in [0.4, 0.5) is 5.13 Å². The average Bonchev–Trinajstić information content (AvgIpc) is 2.74. The number of anilines is 1. The summed E-state index contributed by atoms with van der Waals surface area (Å²) in [5.74, 6) is 0.606. The molecule has 1 N–H and O–H groups in total. The molecule has 0 bridgehead atoms. The Kier molecular flexibility index (Phi) is 7.10. The van der Waals surface area contributed by atoms with E-state index in [1.54, 1.807) is 18.9 Å². The van der Waals surface area contributed by atoms with E-state index in [1.165, 1.54) is 11.3 Å². The molecule has 1 heterocycles. The van der Waals surface area contributed by atoms with Crippen molar-refractivity contribution in [2.75, 3.05) is 38.0 Å². The first-order valence-corrected chi connectivity index (χ1v) is 6.89. The van der Waals surface area contributed by atoms with Crippen molar-refractivity contribution in [3.05, 3.63) is 0 Å². The highest BCUT2D eigenvalue weighted by molar-refractivity contribution is 8.01.